The van der Waals surface area contributed by atoms with E-state index in [9.17, 15) is 0 Å². The summed E-state index contributed by atoms with van der Waals surface area (Å²) in [5.74, 6) is 0.474. The Morgan fingerprint density at radius 1 is 0.909 bits per heavy atom. The van der Waals surface area contributed by atoms with E-state index in [2.05, 4.69) is 109 Å². The molecule has 0 atom stereocenters. The molecule has 1 nitrogen and oxygen atoms in total. The van der Waals surface area contributed by atoms with Gasteiger partial charge in [-0.2, -0.15) is 0 Å². The van der Waals surface area contributed by atoms with Crippen molar-refractivity contribution in [2.75, 3.05) is 20.1 Å². The van der Waals surface area contributed by atoms with Gasteiger partial charge < -0.3 is 4.90 Å². The molecule has 2 heteroatoms. The van der Waals surface area contributed by atoms with Crippen molar-refractivity contribution in [3.8, 4) is 0 Å². The Labute approximate surface area is 148 Å². The van der Waals surface area contributed by atoms with Gasteiger partial charge in [0.25, 0.3) is 0 Å². The van der Waals surface area contributed by atoms with Crippen molar-refractivity contribution in [2.24, 2.45) is 0 Å². The zero-order valence-electron chi connectivity index (χ0n) is 13.8. The molecule has 0 saturated heterocycles. The van der Waals surface area contributed by atoms with E-state index in [4.69, 9.17) is 0 Å². The molecule has 0 aliphatic heterocycles. The Bertz CT molecular complexity index is 505. The van der Waals surface area contributed by atoms with Crippen LogP contribution in [0.2, 0.25) is 0 Å². The maximum Gasteiger partial charge on any atom is 0.0292 e. The molecule has 0 radical (unpaired) electrons. The predicted molar refractivity (Wildman–Crippen MR) is 105 cm³/mol. The molecular formula is C20H26IN. The molecule has 0 bridgehead atoms. The van der Waals surface area contributed by atoms with Crippen LogP contribution in [0.3, 0.4) is 0 Å². The van der Waals surface area contributed by atoms with Gasteiger partial charge >= 0.3 is 0 Å². The third-order valence-electron chi connectivity index (χ3n) is 3.85. The van der Waals surface area contributed by atoms with Gasteiger partial charge in [0.15, 0.2) is 0 Å². The number of halogens is 1. The Hall–Kier alpha value is -0.870. The second-order valence-corrected chi connectivity index (χ2v) is 9.54. The van der Waals surface area contributed by atoms with Crippen LogP contribution in [0.25, 0.3) is 0 Å². The van der Waals surface area contributed by atoms with E-state index in [1.807, 2.05) is 0 Å². The van der Waals surface area contributed by atoms with Crippen LogP contribution in [0.1, 0.15) is 37.3 Å². The van der Waals surface area contributed by atoms with Gasteiger partial charge in [0.05, 0.1) is 0 Å². The van der Waals surface area contributed by atoms with Crippen molar-refractivity contribution >= 4 is 22.6 Å². The van der Waals surface area contributed by atoms with E-state index >= 15 is 0 Å². The molecule has 0 N–H and O–H groups in total. The van der Waals surface area contributed by atoms with Gasteiger partial charge in [-0.1, -0.05) is 83.3 Å². The quantitative estimate of drug-likeness (QED) is 0.442. The highest BCUT2D eigenvalue weighted by atomic mass is 127. The largest absolute Gasteiger partial charge is 0.305 e. The van der Waals surface area contributed by atoms with Crippen LogP contribution in [0.5, 0.6) is 0 Å². The van der Waals surface area contributed by atoms with Gasteiger partial charge in [0.1, 0.15) is 0 Å². The Kier molecular flexibility index (Phi) is 6.45. The topological polar surface area (TPSA) is 3.24 Å². The Morgan fingerprint density at radius 3 is 1.77 bits per heavy atom. The third-order valence-corrected chi connectivity index (χ3v) is 4.19. The monoisotopic (exact) mass is 407 g/mol. The zero-order valence-corrected chi connectivity index (χ0v) is 16.0. The number of alkyl halides is 1. The van der Waals surface area contributed by atoms with Gasteiger partial charge in [0.2, 0.25) is 0 Å². The lowest BCUT2D eigenvalue weighted by atomic mass is 9.88. The molecule has 2 aromatic carbocycles. The van der Waals surface area contributed by atoms with Gasteiger partial charge in [0, 0.05) is 15.9 Å². The second-order valence-electron chi connectivity index (χ2n) is 6.62. The van der Waals surface area contributed by atoms with Crippen molar-refractivity contribution in [1.29, 1.82) is 0 Å². The average molecular weight is 407 g/mol. The lowest BCUT2D eigenvalue weighted by Gasteiger charge is -2.27. The minimum atomic E-state index is 0.321. The molecule has 0 fully saturated rings. The summed E-state index contributed by atoms with van der Waals surface area (Å²) >= 11 is 2.53. The van der Waals surface area contributed by atoms with E-state index in [0.29, 0.717) is 9.34 Å². The summed E-state index contributed by atoms with van der Waals surface area (Å²) in [7, 11) is 2.23. The summed E-state index contributed by atoms with van der Waals surface area (Å²) in [6.07, 6.45) is 1.15. The molecule has 0 aromatic heterocycles. The minimum absolute atomic E-state index is 0.321. The summed E-state index contributed by atoms with van der Waals surface area (Å²) in [5.41, 5.74) is 2.83. The summed E-state index contributed by atoms with van der Waals surface area (Å²) in [6.45, 7) is 6.80. The van der Waals surface area contributed by atoms with E-state index in [1.165, 1.54) is 11.1 Å². The lowest BCUT2D eigenvalue weighted by Crippen LogP contribution is -2.33. The third kappa shape index (κ3) is 5.73. The van der Waals surface area contributed by atoms with E-state index in [0.717, 1.165) is 19.5 Å². The maximum atomic E-state index is 2.53. The standard InChI is InChI=1S/C20H26IN/c1-20(2,21)16-22(3)15-14-19(17-10-6-4-7-11-17)18-12-8-5-9-13-18/h4-13,19H,14-16H2,1-3H3. The summed E-state index contributed by atoms with van der Waals surface area (Å²) in [5, 5.41) is 0. The van der Waals surface area contributed by atoms with Crippen molar-refractivity contribution in [1.82, 2.24) is 4.90 Å². The summed E-state index contributed by atoms with van der Waals surface area (Å²) < 4.78 is 0.321. The predicted octanol–water partition coefficient (Wildman–Crippen LogP) is 5.35. The second kappa shape index (κ2) is 8.11. The van der Waals surface area contributed by atoms with Crippen LogP contribution in [0, 0.1) is 0 Å². The van der Waals surface area contributed by atoms with Crippen LogP contribution < -0.4 is 0 Å². The fraction of sp³-hybridized carbons (Fsp3) is 0.400. The zero-order chi connectivity index (χ0) is 16.0. The minimum Gasteiger partial charge on any atom is -0.305 e. The average Bonchev–Trinajstić information content (AvgIpc) is 2.48. The lowest BCUT2D eigenvalue weighted by molar-refractivity contribution is 0.307. The van der Waals surface area contributed by atoms with Gasteiger partial charge in [-0.25, -0.2) is 0 Å². The van der Waals surface area contributed by atoms with Crippen LogP contribution in [-0.2, 0) is 0 Å². The van der Waals surface area contributed by atoms with E-state index in [1.54, 1.807) is 0 Å². The van der Waals surface area contributed by atoms with Crippen molar-refractivity contribution < 1.29 is 0 Å². The van der Waals surface area contributed by atoms with Gasteiger partial charge in [-0.15, -0.1) is 0 Å². The highest BCUT2D eigenvalue weighted by Crippen LogP contribution is 2.28. The molecular weight excluding hydrogens is 381 g/mol. The molecule has 0 heterocycles. The van der Waals surface area contributed by atoms with Crippen molar-refractivity contribution in [3.63, 3.8) is 0 Å². The highest BCUT2D eigenvalue weighted by molar-refractivity contribution is 14.1. The number of rotatable bonds is 7. The van der Waals surface area contributed by atoms with Crippen LogP contribution in [-0.4, -0.2) is 28.5 Å². The molecule has 2 rings (SSSR count). The fourth-order valence-electron chi connectivity index (χ4n) is 2.97. The summed E-state index contributed by atoms with van der Waals surface area (Å²) in [6, 6.07) is 21.8. The van der Waals surface area contributed by atoms with Crippen molar-refractivity contribution in [2.45, 2.75) is 29.6 Å². The first-order chi connectivity index (χ1) is 10.5. The Morgan fingerprint density at radius 2 is 1.36 bits per heavy atom. The van der Waals surface area contributed by atoms with Gasteiger partial charge in [-0.3, -0.25) is 0 Å². The maximum absolute atomic E-state index is 2.53. The molecule has 2 aromatic rings. The molecule has 0 spiro atoms. The summed E-state index contributed by atoms with van der Waals surface area (Å²) in [4.78, 5) is 2.45. The molecule has 22 heavy (non-hydrogen) atoms. The smallest absolute Gasteiger partial charge is 0.0292 e. The van der Waals surface area contributed by atoms with Crippen LogP contribution in [0.4, 0.5) is 0 Å². The van der Waals surface area contributed by atoms with Gasteiger partial charge in [-0.05, 0) is 45.0 Å². The molecule has 0 aliphatic carbocycles. The molecule has 0 aliphatic rings. The van der Waals surface area contributed by atoms with E-state index in [-0.39, 0.29) is 0 Å². The van der Waals surface area contributed by atoms with Crippen LogP contribution in [0.15, 0.2) is 60.7 Å². The first kappa shape index (κ1) is 17.5. The number of benzene rings is 2. The Balaban J connectivity index is 2.10. The number of nitrogens with zero attached hydrogens (tertiary/aromatic N) is 1. The molecule has 0 unspecified atom stereocenters. The fourth-order valence-corrected chi connectivity index (χ4v) is 3.55. The SMILES string of the molecule is CN(CCC(c1ccccc1)c1ccccc1)CC(C)(C)I. The first-order valence-electron chi connectivity index (χ1n) is 7.93. The van der Waals surface area contributed by atoms with Crippen molar-refractivity contribution in [3.05, 3.63) is 71.8 Å². The first-order valence-corrected chi connectivity index (χ1v) is 9.01. The number of hydrogen-bond acceptors (Lipinski definition) is 1. The highest BCUT2D eigenvalue weighted by Gasteiger charge is 2.18. The molecule has 0 amide bonds. The molecule has 118 valence electrons. The molecule has 0 saturated carbocycles. The number of hydrogen-bond donors (Lipinski definition) is 0. The normalized spacial score (nSPS) is 12.1. The van der Waals surface area contributed by atoms with Crippen LogP contribution >= 0.6 is 22.6 Å². The van der Waals surface area contributed by atoms with E-state index < -0.39 is 0 Å².